The number of piperidine rings is 1. The minimum atomic E-state index is -0.476. The molecule has 1 aliphatic carbocycles. The molecule has 2 aliphatic rings. The third-order valence-corrected chi connectivity index (χ3v) is 4.94. The summed E-state index contributed by atoms with van der Waals surface area (Å²) < 4.78 is 10.7. The SMILES string of the molecule is CCOC1CCN(C2CCC(NC)(C(=O)OC)C2)CC1. The lowest BCUT2D eigenvalue weighted by Crippen LogP contribution is -2.51. The van der Waals surface area contributed by atoms with Crippen molar-refractivity contribution in [3.05, 3.63) is 0 Å². The number of methoxy groups -OCH3 is 1. The number of carbonyl (C=O) groups excluding carboxylic acids is 1. The van der Waals surface area contributed by atoms with Crippen molar-refractivity contribution in [2.45, 2.75) is 56.7 Å². The molecular formula is C15H28N2O3. The van der Waals surface area contributed by atoms with Gasteiger partial charge in [0.1, 0.15) is 5.54 Å². The van der Waals surface area contributed by atoms with Crippen molar-refractivity contribution in [3.8, 4) is 0 Å². The number of nitrogens with zero attached hydrogens (tertiary/aromatic N) is 1. The van der Waals surface area contributed by atoms with Crippen molar-refractivity contribution in [1.29, 1.82) is 0 Å². The molecule has 1 aliphatic heterocycles. The van der Waals surface area contributed by atoms with Crippen LogP contribution in [0.4, 0.5) is 0 Å². The fourth-order valence-electron chi connectivity index (χ4n) is 3.68. The average molecular weight is 284 g/mol. The second kappa shape index (κ2) is 6.87. The Morgan fingerprint density at radius 2 is 2.05 bits per heavy atom. The van der Waals surface area contributed by atoms with Crippen LogP contribution in [-0.2, 0) is 14.3 Å². The van der Waals surface area contributed by atoms with Gasteiger partial charge in [-0.05, 0) is 46.1 Å². The first kappa shape index (κ1) is 15.7. The van der Waals surface area contributed by atoms with Crippen LogP contribution < -0.4 is 5.32 Å². The second-order valence-electron chi connectivity index (χ2n) is 5.91. The zero-order valence-corrected chi connectivity index (χ0v) is 13.0. The Labute approximate surface area is 122 Å². The molecule has 0 aromatic carbocycles. The van der Waals surface area contributed by atoms with Gasteiger partial charge in [-0.1, -0.05) is 0 Å². The van der Waals surface area contributed by atoms with Gasteiger partial charge in [-0.15, -0.1) is 0 Å². The fourth-order valence-corrected chi connectivity index (χ4v) is 3.68. The molecular weight excluding hydrogens is 256 g/mol. The number of hydrogen-bond acceptors (Lipinski definition) is 5. The molecule has 20 heavy (non-hydrogen) atoms. The molecule has 2 unspecified atom stereocenters. The molecule has 0 spiro atoms. The van der Waals surface area contributed by atoms with E-state index in [-0.39, 0.29) is 5.97 Å². The van der Waals surface area contributed by atoms with Gasteiger partial charge in [0, 0.05) is 25.7 Å². The quantitative estimate of drug-likeness (QED) is 0.768. The molecule has 1 heterocycles. The molecule has 1 saturated heterocycles. The summed E-state index contributed by atoms with van der Waals surface area (Å²) >= 11 is 0. The van der Waals surface area contributed by atoms with E-state index in [1.807, 2.05) is 7.05 Å². The Morgan fingerprint density at radius 1 is 1.35 bits per heavy atom. The first-order valence-corrected chi connectivity index (χ1v) is 7.78. The smallest absolute Gasteiger partial charge is 0.326 e. The van der Waals surface area contributed by atoms with Gasteiger partial charge in [0.05, 0.1) is 13.2 Å². The summed E-state index contributed by atoms with van der Waals surface area (Å²) in [6.07, 6.45) is 5.42. The predicted molar refractivity (Wildman–Crippen MR) is 77.7 cm³/mol. The molecule has 0 amide bonds. The third kappa shape index (κ3) is 3.15. The number of ether oxygens (including phenoxy) is 2. The molecule has 2 fully saturated rings. The van der Waals surface area contributed by atoms with E-state index in [1.165, 1.54) is 7.11 Å². The summed E-state index contributed by atoms with van der Waals surface area (Å²) in [6, 6.07) is 0.490. The minimum Gasteiger partial charge on any atom is -0.468 e. The van der Waals surface area contributed by atoms with Crippen LogP contribution in [0.2, 0.25) is 0 Å². The monoisotopic (exact) mass is 284 g/mol. The third-order valence-electron chi connectivity index (χ3n) is 4.94. The Balaban J connectivity index is 1.88. The number of hydrogen-bond donors (Lipinski definition) is 1. The van der Waals surface area contributed by atoms with Crippen molar-refractivity contribution in [2.75, 3.05) is 33.9 Å². The van der Waals surface area contributed by atoms with Crippen molar-refractivity contribution in [2.24, 2.45) is 0 Å². The largest absolute Gasteiger partial charge is 0.468 e. The summed E-state index contributed by atoms with van der Waals surface area (Å²) in [7, 11) is 3.34. The van der Waals surface area contributed by atoms with Gasteiger partial charge in [-0.2, -0.15) is 0 Å². The van der Waals surface area contributed by atoms with E-state index in [2.05, 4.69) is 17.1 Å². The van der Waals surface area contributed by atoms with E-state index in [4.69, 9.17) is 9.47 Å². The predicted octanol–water partition coefficient (Wildman–Crippen LogP) is 1.17. The number of nitrogens with one attached hydrogen (secondary N) is 1. The maximum Gasteiger partial charge on any atom is 0.326 e. The van der Waals surface area contributed by atoms with Gasteiger partial charge in [0.2, 0.25) is 0 Å². The fraction of sp³-hybridized carbons (Fsp3) is 0.933. The molecule has 2 atom stereocenters. The highest BCUT2D eigenvalue weighted by molar-refractivity contribution is 5.81. The Kier molecular flexibility index (Phi) is 5.41. The van der Waals surface area contributed by atoms with E-state index in [0.717, 1.165) is 51.8 Å². The van der Waals surface area contributed by atoms with Gasteiger partial charge >= 0.3 is 5.97 Å². The van der Waals surface area contributed by atoms with Crippen LogP contribution >= 0.6 is 0 Å². The summed E-state index contributed by atoms with van der Waals surface area (Å²) in [5, 5.41) is 3.20. The van der Waals surface area contributed by atoms with Crippen LogP contribution in [0.1, 0.15) is 39.0 Å². The Hall–Kier alpha value is -0.650. The second-order valence-corrected chi connectivity index (χ2v) is 5.91. The average Bonchev–Trinajstić information content (AvgIpc) is 2.93. The number of carbonyl (C=O) groups is 1. The highest BCUT2D eigenvalue weighted by Gasteiger charge is 2.47. The van der Waals surface area contributed by atoms with Gasteiger partial charge in [-0.25, -0.2) is 0 Å². The minimum absolute atomic E-state index is 0.119. The van der Waals surface area contributed by atoms with E-state index < -0.39 is 5.54 Å². The lowest BCUT2D eigenvalue weighted by molar-refractivity contribution is -0.148. The zero-order chi connectivity index (χ0) is 14.6. The highest BCUT2D eigenvalue weighted by atomic mass is 16.5. The summed E-state index contributed by atoms with van der Waals surface area (Å²) in [5.74, 6) is -0.119. The van der Waals surface area contributed by atoms with Gasteiger partial charge in [0.15, 0.2) is 0 Å². The molecule has 0 aromatic heterocycles. The van der Waals surface area contributed by atoms with Crippen LogP contribution in [-0.4, -0.2) is 62.4 Å². The van der Waals surface area contributed by atoms with Crippen LogP contribution in [0.5, 0.6) is 0 Å². The highest BCUT2D eigenvalue weighted by Crippen LogP contribution is 2.35. The molecule has 0 radical (unpaired) electrons. The van der Waals surface area contributed by atoms with Crippen molar-refractivity contribution < 1.29 is 14.3 Å². The van der Waals surface area contributed by atoms with Crippen LogP contribution in [0.25, 0.3) is 0 Å². The van der Waals surface area contributed by atoms with Crippen molar-refractivity contribution >= 4 is 5.97 Å². The topological polar surface area (TPSA) is 50.8 Å². The first-order valence-electron chi connectivity index (χ1n) is 7.78. The summed E-state index contributed by atoms with van der Waals surface area (Å²) in [6.45, 7) is 5.02. The van der Waals surface area contributed by atoms with E-state index in [0.29, 0.717) is 12.1 Å². The van der Waals surface area contributed by atoms with E-state index in [9.17, 15) is 4.79 Å². The zero-order valence-electron chi connectivity index (χ0n) is 13.0. The maximum absolute atomic E-state index is 12.0. The van der Waals surface area contributed by atoms with Crippen LogP contribution in [0.15, 0.2) is 0 Å². The number of rotatable bonds is 5. The number of likely N-dealkylation sites (tertiary alicyclic amines) is 1. The molecule has 0 bridgehead atoms. The van der Waals surface area contributed by atoms with Gasteiger partial charge in [0.25, 0.3) is 0 Å². The lowest BCUT2D eigenvalue weighted by atomic mass is 9.97. The molecule has 116 valence electrons. The normalized spacial score (nSPS) is 32.5. The summed E-state index contributed by atoms with van der Waals surface area (Å²) in [5.41, 5.74) is -0.476. The summed E-state index contributed by atoms with van der Waals surface area (Å²) in [4.78, 5) is 14.5. The van der Waals surface area contributed by atoms with Gasteiger partial charge < -0.3 is 19.7 Å². The molecule has 0 aromatic rings. The Bertz CT molecular complexity index is 329. The van der Waals surface area contributed by atoms with E-state index in [1.54, 1.807) is 0 Å². The standard InChI is InChI=1S/C15H28N2O3/c1-4-20-13-6-9-17(10-7-13)12-5-8-15(11-12,16-2)14(18)19-3/h12-13,16H,4-11H2,1-3H3. The van der Waals surface area contributed by atoms with Crippen molar-refractivity contribution in [3.63, 3.8) is 0 Å². The van der Waals surface area contributed by atoms with Crippen LogP contribution in [0.3, 0.4) is 0 Å². The number of likely N-dealkylation sites (N-methyl/N-ethyl adjacent to an activating group) is 1. The maximum atomic E-state index is 12.0. The van der Waals surface area contributed by atoms with Crippen molar-refractivity contribution in [1.82, 2.24) is 10.2 Å². The molecule has 2 rings (SSSR count). The van der Waals surface area contributed by atoms with Gasteiger partial charge in [-0.3, -0.25) is 4.79 Å². The number of esters is 1. The first-order chi connectivity index (χ1) is 9.65. The molecule has 5 heteroatoms. The molecule has 1 N–H and O–H groups in total. The molecule has 1 saturated carbocycles. The lowest BCUT2D eigenvalue weighted by Gasteiger charge is -2.36. The Morgan fingerprint density at radius 3 is 2.60 bits per heavy atom. The molecule has 5 nitrogen and oxygen atoms in total. The van der Waals surface area contributed by atoms with Crippen LogP contribution in [0, 0.1) is 0 Å². The van der Waals surface area contributed by atoms with E-state index >= 15 is 0 Å².